The predicted octanol–water partition coefficient (Wildman–Crippen LogP) is 1.98. The van der Waals surface area contributed by atoms with Crippen molar-refractivity contribution < 1.29 is 14.7 Å². The molecule has 1 fully saturated rings. The average molecular weight is 256 g/mol. The molecule has 0 aromatic rings. The van der Waals surface area contributed by atoms with Crippen LogP contribution in [-0.2, 0) is 4.79 Å². The van der Waals surface area contributed by atoms with E-state index in [-0.39, 0.29) is 12.5 Å². The van der Waals surface area contributed by atoms with Gasteiger partial charge in [0, 0.05) is 19.5 Å². The van der Waals surface area contributed by atoms with E-state index in [0.29, 0.717) is 12.5 Å². The molecule has 5 nitrogen and oxygen atoms in total. The van der Waals surface area contributed by atoms with Crippen LogP contribution in [-0.4, -0.2) is 30.2 Å². The molecule has 0 radical (unpaired) electrons. The Bertz CT molecular complexity index is 281. The van der Waals surface area contributed by atoms with E-state index >= 15 is 0 Å². The van der Waals surface area contributed by atoms with E-state index in [1.807, 2.05) is 0 Å². The van der Waals surface area contributed by atoms with E-state index in [2.05, 4.69) is 17.6 Å². The van der Waals surface area contributed by atoms with Gasteiger partial charge in [0.15, 0.2) is 0 Å². The molecule has 0 spiro atoms. The summed E-state index contributed by atoms with van der Waals surface area (Å²) in [6.45, 7) is 3.64. The molecule has 0 saturated heterocycles. The minimum Gasteiger partial charge on any atom is -0.481 e. The van der Waals surface area contributed by atoms with Crippen molar-refractivity contribution >= 4 is 12.0 Å². The number of carbonyl (C=O) groups excluding carboxylic acids is 1. The summed E-state index contributed by atoms with van der Waals surface area (Å²) in [6.07, 6.45) is 4.98. The van der Waals surface area contributed by atoms with Crippen LogP contribution in [0.4, 0.5) is 4.79 Å². The van der Waals surface area contributed by atoms with Crippen molar-refractivity contribution in [3.8, 4) is 0 Å². The molecular weight excluding hydrogens is 232 g/mol. The zero-order chi connectivity index (χ0) is 13.4. The van der Waals surface area contributed by atoms with Crippen LogP contribution >= 0.6 is 0 Å². The van der Waals surface area contributed by atoms with Crippen molar-refractivity contribution in [1.29, 1.82) is 0 Å². The molecule has 1 saturated carbocycles. The van der Waals surface area contributed by atoms with Gasteiger partial charge in [-0.05, 0) is 31.1 Å². The number of carboxylic acids is 1. The lowest BCUT2D eigenvalue weighted by Gasteiger charge is -2.06. The number of urea groups is 1. The lowest BCUT2D eigenvalue weighted by atomic mass is 10.1. The van der Waals surface area contributed by atoms with Gasteiger partial charge in [0.2, 0.25) is 0 Å². The van der Waals surface area contributed by atoms with E-state index in [0.717, 1.165) is 38.1 Å². The highest BCUT2D eigenvalue weighted by Gasteiger charge is 2.32. The van der Waals surface area contributed by atoms with Crippen LogP contribution in [0, 0.1) is 11.8 Å². The van der Waals surface area contributed by atoms with Crippen LogP contribution in [0.3, 0.4) is 0 Å². The summed E-state index contributed by atoms with van der Waals surface area (Å²) in [5.41, 5.74) is 0. The molecule has 2 atom stereocenters. The van der Waals surface area contributed by atoms with Crippen molar-refractivity contribution in [2.45, 2.75) is 45.4 Å². The number of carbonyl (C=O) groups is 2. The summed E-state index contributed by atoms with van der Waals surface area (Å²) in [4.78, 5) is 21.6. The Hall–Kier alpha value is -1.26. The largest absolute Gasteiger partial charge is 0.481 e. The second-order valence-electron chi connectivity index (χ2n) is 5.17. The van der Waals surface area contributed by atoms with Crippen LogP contribution in [0.5, 0.6) is 0 Å². The van der Waals surface area contributed by atoms with Gasteiger partial charge in [0.25, 0.3) is 0 Å². The monoisotopic (exact) mass is 256 g/mol. The quantitative estimate of drug-likeness (QED) is 0.552. The van der Waals surface area contributed by atoms with Gasteiger partial charge in [0.05, 0.1) is 0 Å². The van der Waals surface area contributed by atoms with Crippen molar-refractivity contribution in [1.82, 2.24) is 10.6 Å². The molecule has 1 aliphatic carbocycles. The molecule has 104 valence electrons. The number of nitrogens with one attached hydrogen (secondary N) is 2. The zero-order valence-electron chi connectivity index (χ0n) is 11.1. The Kier molecular flexibility index (Phi) is 6.54. The first-order valence-corrected chi connectivity index (χ1v) is 6.83. The molecule has 0 aromatic carbocycles. The summed E-state index contributed by atoms with van der Waals surface area (Å²) in [5, 5.41) is 14.1. The maximum Gasteiger partial charge on any atom is 0.314 e. The highest BCUT2D eigenvalue weighted by Crippen LogP contribution is 2.36. The maximum atomic E-state index is 11.4. The van der Waals surface area contributed by atoms with Gasteiger partial charge in [0.1, 0.15) is 0 Å². The van der Waals surface area contributed by atoms with Crippen LogP contribution < -0.4 is 10.6 Å². The molecule has 0 heterocycles. The second-order valence-corrected chi connectivity index (χ2v) is 5.17. The fraction of sp³-hybridized carbons (Fsp3) is 0.846. The molecule has 2 unspecified atom stereocenters. The van der Waals surface area contributed by atoms with E-state index in [4.69, 9.17) is 5.11 Å². The third-order valence-corrected chi connectivity index (χ3v) is 3.40. The summed E-state index contributed by atoms with van der Waals surface area (Å²) < 4.78 is 0. The summed E-state index contributed by atoms with van der Waals surface area (Å²) in [7, 11) is 0. The Morgan fingerprint density at radius 1 is 1.17 bits per heavy atom. The fourth-order valence-corrected chi connectivity index (χ4v) is 1.93. The van der Waals surface area contributed by atoms with Crippen molar-refractivity contribution in [2.75, 3.05) is 13.1 Å². The van der Waals surface area contributed by atoms with Crippen LogP contribution in [0.2, 0.25) is 0 Å². The molecule has 1 rings (SSSR count). The highest BCUT2D eigenvalue weighted by atomic mass is 16.4. The fourth-order valence-electron chi connectivity index (χ4n) is 1.93. The number of hydrogen-bond acceptors (Lipinski definition) is 2. The first-order valence-electron chi connectivity index (χ1n) is 6.83. The van der Waals surface area contributed by atoms with Crippen molar-refractivity contribution in [3.63, 3.8) is 0 Å². The third-order valence-electron chi connectivity index (χ3n) is 3.40. The molecule has 0 bridgehead atoms. The van der Waals surface area contributed by atoms with E-state index in [9.17, 15) is 9.59 Å². The number of amides is 2. The molecular formula is C13H24N2O3. The zero-order valence-corrected chi connectivity index (χ0v) is 11.1. The second kappa shape index (κ2) is 7.95. The minimum atomic E-state index is -0.734. The number of carboxylic acid groups (broad SMARTS) is 1. The first kappa shape index (κ1) is 14.8. The molecule has 5 heteroatoms. The molecule has 18 heavy (non-hydrogen) atoms. The van der Waals surface area contributed by atoms with Crippen LogP contribution in [0.1, 0.15) is 45.4 Å². The SMILES string of the molecule is CC1CC1CNC(=O)NCCCCCCC(=O)O. The normalized spacial score (nSPS) is 21.4. The Morgan fingerprint density at radius 2 is 1.83 bits per heavy atom. The molecule has 0 aliphatic heterocycles. The van der Waals surface area contributed by atoms with Gasteiger partial charge in [-0.3, -0.25) is 4.79 Å². The maximum absolute atomic E-state index is 11.4. The van der Waals surface area contributed by atoms with Crippen LogP contribution in [0.15, 0.2) is 0 Å². The molecule has 2 amide bonds. The van der Waals surface area contributed by atoms with Gasteiger partial charge in [-0.15, -0.1) is 0 Å². The van der Waals surface area contributed by atoms with Gasteiger partial charge in [-0.1, -0.05) is 19.8 Å². The molecule has 1 aliphatic rings. The van der Waals surface area contributed by atoms with Crippen molar-refractivity contribution in [2.24, 2.45) is 11.8 Å². The third kappa shape index (κ3) is 7.14. The number of rotatable bonds is 9. The average Bonchev–Trinajstić information content (AvgIpc) is 3.01. The minimum absolute atomic E-state index is 0.0837. The molecule has 3 N–H and O–H groups in total. The summed E-state index contributed by atoms with van der Waals surface area (Å²) in [6, 6.07) is -0.0837. The van der Waals surface area contributed by atoms with Crippen molar-refractivity contribution in [3.05, 3.63) is 0 Å². The van der Waals surface area contributed by atoms with Gasteiger partial charge < -0.3 is 15.7 Å². The highest BCUT2D eigenvalue weighted by molar-refractivity contribution is 5.73. The Labute approximate surface area is 108 Å². The number of hydrogen-bond donors (Lipinski definition) is 3. The van der Waals surface area contributed by atoms with Gasteiger partial charge in [-0.2, -0.15) is 0 Å². The predicted molar refractivity (Wildman–Crippen MR) is 69.4 cm³/mol. The lowest BCUT2D eigenvalue weighted by Crippen LogP contribution is -2.37. The standard InChI is InChI=1S/C13H24N2O3/c1-10-8-11(10)9-15-13(18)14-7-5-3-2-4-6-12(16)17/h10-11H,2-9H2,1H3,(H,16,17)(H2,14,15,18). The smallest absolute Gasteiger partial charge is 0.314 e. The van der Waals surface area contributed by atoms with E-state index < -0.39 is 5.97 Å². The molecule has 0 aromatic heterocycles. The first-order chi connectivity index (χ1) is 8.59. The topological polar surface area (TPSA) is 78.4 Å². The lowest BCUT2D eigenvalue weighted by molar-refractivity contribution is -0.137. The number of unbranched alkanes of at least 4 members (excludes halogenated alkanes) is 3. The summed E-state index contributed by atoms with van der Waals surface area (Å²) >= 11 is 0. The number of aliphatic carboxylic acids is 1. The van der Waals surface area contributed by atoms with Crippen LogP contribution in [0.25, 0.3) is 0 Å². The Morgan fingerprint density at radius 3 is 2.44 bits per heavy atom. The van der Waals surface area contributed by atoms with E-state index in [1.54, 1.807) is 0 Å². The van der Waals surface area contributed by atoms with Gasteiger partial charge >= 0.3 is 12.0 Å². The summed E-state index contributed by atoms with van der Waals surface area (Å²) in [5.74, 6) is 0.702. The van der Waals surface area contributed by atoms with E-state index in [1.165, 1.54) is 6.42 Å². The Balaban J connectivity index is 1.82. The van der Waals surface area contributed by atoms with Gasteiger partial charge in [-0.25, -0.2) is 4.79 Å².